The number of aryl methyl sites for hydroxylation is 1. The van der Waals surface area contributed by atoms with Crippen LogP contribution in [-0.4, -0.2) is 69.2 Å². The van der Waals surface area contributed by atoms with Crippen LogP contribution in [0.3, 0.4) is 0 Å². The van der Waals surface area contributed by atoms with E-state index >= 15 is 0 Å². The molecule has 0 amide bonds. The van der Waals surface area contributed by atoms with E-state index in [0.29, 0.717) is 24.5 Å². The first-order valence-electron chi connectivity index (χ1n) is 12.1. The molecule has 0 aliphatic carbocycles. The molecule has 39 heavy (non-hydrogen) atoms. The van der Waals surface area contributed by atoms with E-state index in [-0.39, 0.29) is 39.5 Å². The summed E-state index contributed by atoms with van der Waals surface area (Å²) in [6.07, 6.45) is 2.51. The molecule has 12 nitrogen and oxygen atoms in total. The van der Waals surface area contributed by atoms with E-state index in [1.807, 2.05) is 32.9 Å². The summed E-state index contributed by atoms with van der Waals surface area (Å²) in [6, 6.07) is 3.79. The van der Waals surface area contributed by atoms with Crippen LogP contribution in [0.1, 0.15) is 44.7 Å². The van der Waals surface area contributed by atoms with Crippen molar-refractivity contribution >= 4 is 56.4 Å². The van der Waals surface area contributed by atoms with E-state index < -0.39 is 26.4 Å². The number of anilines is 3. The molecule has 2 heterocycles. The van der Waals surface area contributed by atoms with Gasteiger partial charge in [0.15, 0.2) is 20.7 Å². The molecule has 1 unspecified atom stereocenters. The van der Waals surface area contributed by atoms with Gasteiger partial charge in [-0.2, -0.15) is 4.98 Å². The fourth-order valence-electron chi connectivity index (χ4n) is 3.81. The number of hydrogen-bond donors (Lipinski definition) is 3. The van der Waals surface area contributed by atoms with E-state index in [9.17, 15) is 17.2 Å². The number of nitrogens with two attached hydrogens (primary N) is 1. The van der Waals surface area contributed by atoms with Crippen LogP contribution in [0.15, 0.2) is 34.0 Å². The fourth-order valence-corrected chi connectivity index (χ4v) is 5.47. The summed E-state index contributed by atoms with van der Waals surface area (Å²) in [5.41, 5.74) is 8.54. The first-order valence-corrected chi connectivity index (χ1v) is 15.1. The lowest BCUT2D eigenvalue weighted by Gasteiger charge is -2.40. The Morgan fingerprint density at radius 3 is 2.56 bits per heavy atom. The van der Waals surface area contributed by atoms with Gasteiger partial charge in [-0.25, -0.2) is 17.7 Å². The maximum Gasteiger partial charge on any atom is 0.229 e. The number of hydrogen-bond acceptors (Lipinski definition) is 11. The third-order valence-corrected chi connectivity index (χ3v) is 8.99. The van der Waals surface area contributed by atoms with Gasteiger partial charge in [-0.1, -0.05) is 11.6 Å². The summed E-state index contributed by atoms with van der Waals surface area (Å²) < 4.78 is 55.1. The lowest BCUT2D eigenvalue weighted by atomic mass is 9.89. The number of ether oxygens (including phenoxy) is 1. The predicted molar refractivity (Wildman–Crippen MR) is 154 cm³/mol. The molecule has 2 aromatic rings. The minimum Gasteiger partial charge on any atom is -0.760 e. The average molecular weight is 599 g/mol. The van der Waals surface area contributed by atoms with Crippen molar-refractivity contribution in [2.45, 2.75) is 51.9 Å². The largest absolute Gasteiger partial charge is 0.760 e. The van der Waals surface area contributed by atoms with Crippen molar-refractivity contribution in [3.8, 4) is 5.75 Å². The summed E-state index contributed by atoms with van der Waals surface area (Å²) in [4.78, 5) is 12.6. The Hall–Kier alpha value is -2.78. The van der Waals surface area contributed by atoms with Gasteiger partial charge < -0.3 is 25.7 Å². The van der Waals surface area contributed by atoms with E-state index in [1.54, 1.807) is 0 Å². The maximum atomic E-state index is 12.6. The fraction of sp³-hybridized carbons (Fsp3) is 0.458. The molecule has 0 spiro atoms. The second-order valence-electron chi connectivity index (χ2n) is 9.53. The first kappa shape index (κ1) is 30.8. The van der Waals surface area contributed by atoms with Crippen molar-refractivity contribution in [2.75, 3.05) is 30.8 Å². The molecule has 0 bridgehead atoms. The molecule has 15 heteroatoms. The molecule has 3 rings (SSSR count). The zero-order chi connectivity index (χ0) is 29.1. The predicted octanol–water partition coefficient (Wildman–Crippen LogP) is 3.23. The van der Waals surface area contributed by atoms with Gasteiger partial charge >= 0.3 is 0 Å². The SMILES string of the molecule is CN=CC(Nc1nc(Nc2cc(C)c(C3CN(S(=O)[O-])C3)cc2OC(C)C)ncc1Cl)=C(N)S(=O)(=O)C(C)C. The van der Waals surface area contributed by atoms with Gasteiger partial charge in [-0.15, -0.1) is 0 Å². The van der Waals surface area contributed by atoms with Gasteiger partial charge in [0.05, 0.1) is 28.9 Å². The third-order valence-electron chi connectivity index (χ3n) is 5.92. The smallest absolute Gasteiger partial charge is 0.229 e. The number of nitrogens with zero attached hydrogens (tertiary/aromatic N) is 4. The van der Waals surface area contributed by atoms with E-state index in [0.717, 1.165) is 11.1 Å². The highest BCUT2D eigenvalue weighted by atomic mass is 35.5. The molecule has 1 fully saturated rings. The summed E-state index contributed by atoms with van der Waals surface area (Å²) in [5, 5.41) is 5.01. The Morgan fingerprint density at radius 1 is 1.33 bits per heavy atom. The number of benzene rings is 1. The highest BCUT2D eigenvalue weighted by molar-refractivity contribution is 7.95. The average Bonchev–Trinajstić information content (AvgIpc) is 2.81. The number of halogens is 1. The molecule has 4 N–H and O–H groups in total. The van der Waals surface area contributed by atoms with Crippen molar-refractivity contribution in [3.63, 3.8) is 0 Å². The topological polar surface area (TPSA) is 175 Å². The van der Waals surface area contributed by atoms with Crippen LogP contribution >= 0.6 is 11.6 Å². The molecule has 1 aliphatic heterocycles. The van der Waals surface area contributed by atoms with Gasteiger partial charge in [0, 0.05) is 43.5 Å². The van der Waals surface area contributed by atoms with Crippen molar-refractivity contribution in [1.29, 1.82) is 0 Å². The Morgan fingerprint density at radius 2 is 2.00 bits per heavy atom. The zero-order valence-electron chi connectivity index (χ0n) is 22.6. The minimum atomic E-state index is -3.78. The number of rotatable bonds is 11. The standard InChI is InChI=1S/C24H34ClN7O5S2/c1-13(2)37-21-8-17(16-11-32(12-16)38(33)34)15(5)7-19(21)30-24-28-9-18(25)23(31-24)29-20(10-27-6)22(26)39(35,36)14(3)4/h7-10,13-14,16H,11-12,26H2,1-6H3,(H,33,34)(H2,28,29,30,31)/p-1. The summed E-state index contributed by atoms with van der Waals surface area (Å²) >= 11 is 4.08. The number of allylic oxidation sites excluding steroid dienone is 1. The maximum absolute atomic E-state index is 12.6. The van der Waals surface area contributed by atoms with Crippen LogP contribution < -0.4 is 21.1 Å². The van der Waals surface area contributed by atoms with Crippen LogP contribution in [0.25, 0.3) is 0 Å². The van der Waals surface area contributed by atoms with Gasteiger partial charge in [0.1, 0.15) is 10.8 Å². The Labute approximate surface area is 236 Å². The molecule has 214 valence electrons. The lowest BCUT2D eigenvalue weighted by molar-refractivity contribution is 0.239. The Bertz CT molecular complexity index is 1410. The highest BCUT2D eigenvalue weighted by Gasteiger charge is 2.31. The van der Waals surface area contributed by atoms with Gasteiger partial charge in [-0.05, 0) is 57.9 Å². The first-order chi connectivity index (χ1) is 18.2. The quantitative estimate of drug-likeness (QED) is 0.257. The second kappa shape index (κ2) is 12.6. The minimum absolute atomic E-state index is 0.0235. The van der Waals surface area contributed by atoms with Crippen molar-refractivity contribution in [2.24, 2.45) is 10.7 Å². The number of aliphatic imine (C=N–C) groups is 1. The van der Waals surface area contributed by atoms with Crippen molar-refractivity contribution in [1.82, 2.24) is 14.3 Å². The number of aromatic nitrogens is 2. The molecule has 1 aliphatic rings. The van der Waals surface area contributed by atoms with Crippen LogP contribution in [0.4, 0.5) is 17.5 Å². The van der Waals surface area contributed by atoms with Gasteiger partial charge in [-0.3, -0.25) is 9.20 Å². The van der Waals surface area contributed by atoms with Crippen LogP contribution in [0.5, 0.6) is 5.75 Å². The molecule has 1 aromatic heterocycles. The third kappa shape index (κ3) is 7.25. The van der Waals surface area contributed by atoms with E-state index in [1.165, 1.54) is 37.6 Å². The van der Waals surface area contributed by atoms with Crippen molar-refractivity contribution < 1.29 is 21.9 Å². The van der Waals surface area contributed by atoms with Crippen LogP contribution in [0, 0.1) is 6.92 Å². The van der Waals surface area contributed by atoms with Gasteiger partial charge in [0.2, 0.25) is 5.95 Å². The summed E-state index contributed by atoms with van der Waals surface area (Å²) in [6.45, 7) is 9.60. The molecule has 0 radical (unpaired) electrons. The van der Waals surface area contributed by atoms with Crippen LogP contribution in [0.2, 0.25) is 5.02 Å². The monoisotopic (exact) mass is 598 g/mol. The molecule has 1 saturated heterocycles. The number of nitrogens with one attached hydrogen (secondary N) is 2. The molecule has 1 atom stereocenters. The normalized spacial score (nSPS) is 16.4. The Balaban J connectivity index is 1.95. The van der Waals surface area contributed by atoms with E-state index in [4.69, 9.17) is 22.1 Å². The lowest BCUT2D eigenvalue weighted by Crippen LogP contribution is -2.45. The van der Waals surface area contributed by atoms with Gasteiger partial charge in [0.25, 0.3) is 0 Å². The molecule has 1 aromatic carbocycles. The molecular formula is C24H33ClN7O5S2-. The zero-order valence-corrected chi connectivity index (χ0v) is 24.9. The molecule has 0 saturated carbocycles. The van der Waals surface area contributed by atoms with E-state index in [2.05, 4.69) is 25.6 Å². The number of sulfone groups is 1. The van der Waals surface area contributed by atoms with Crippen LogP contribution in [-0.2, 0) is 21.1 Å². The Kier molecular flexibility index (Phi) is 9.93. The highest BCUT2D eigenvalue weighted by Crippen LogP contribution is 2.38. The van der Waals surface area contributed by atoms with Crippen molar-refractivity contribution in [3.05, 3.63) is 45.2 Å². The molecular weight excluding hydrogens is 566 g/mol. The summed E-state index contributed by atoms with van der Waals surface area (Å²) in [5.74, 6) is 0.890. The summed E-state index contributed by atoms with van der Waals surface area (Å²) in [7, 11) is -2.30. The second-order valence-corrected chi connectivity index (χ2v) is 13.4.